The highest BCUT2D eigenvalue weighted by Crippen LogP contribution is 2.27. The lowest BCUT2D eigenvalue weighted by Gasteiger charge is -2.12. The van der Waals surface area contributed by atoms with Crippen LogP contribution in [-0.4, -0.2) is 16.5 Å². The van der Waals surface area contributed by atoms with E-state index in [-0.39, 0.29) is 0 Å². The van der Waals surface area contributed by atoms with Gasteiger partial charge in [0.2, 0.25) is 5.88 Å². The third kappa shape index (κ3) is 3.56. The van der Waals surface area contributed by atoms with Crippen LogP contribution in [0.1, 0.15) is 18.3 Å². The van der Waals surface area contributed by atoms with E-state index < -0.39 is 0 Å². The number of aryl methyl sites for hydroxylation is 1. The smallest absolute Gasteiger partial charge is 0.227 e. The van der Waals surface area contributed by atoms with Crippen LogP contribution in [0.3, 0.4) is 0 Å². The predicted octanol–water partition coefficient (Wildman–Crippen LogP) is 3.92. The van der Waals surface area contributed by atoms with Crippen molar-refractivity contribution < 1.29 is 4.74 Å². The molecule has 0 saturated carbocycles. The van der Waals surface area contributed by atoms with Crippen LogP contribution in [0.4, 0.5) is 5.82 Å². The van der Waals surface area contributed by atoms with Gasteiger partial charge in [0, 0.05) is 10.1 Å². The second kappa shape index (κ2) is 6.18. The zero-order chi connectivity index (χ0) is 13.8. The fraction of sp³-hybridized carbons (Fsp3) is 0.286. The van der Waals surface area contributed by atoms with Gasteiger partial charge in [-0.3, -0.25) is 0 Å². The summed E-state index contributed by atoms with van der Waals surface area (Å²) < 4.78 is 6.99. The van der Waals surface area contributed by atoms with Crippen LogP contribution in [0.25, 0.3) is 0 Å². The van der Waals surface area contributed by atoms with E-state index in [0.717, 1.165) is 27.2 Å². The molecule has 0 unspecified atom stereocenters. The Balaban J connectivity index is 2.34. The Morgan fingerprint density at radius 2 is 2.05 bits per heavy atom. The van der Waals surface area contributed by atoms with Gasteiger partial charge in [-0.2, -0.15) is 4.98 Å². The highest BCUT2D eigenvalue weighted by atomic mass is 127. The molecule has 1 aromatic heterocycles. The maximum Gasteiger partial charge on any atom is 0.227 e. The predicted molar refractivity (Wildman–Crippen MR) is 84.9 cm³/mol. The Hall–Kier alpha value is -1.37. The molecule has 2 aromatic rings. The summed E-state index contributed by atoms with van der Waals surface area (Å²) >= 11 is 2.26. The summed E-state index contributed by atoms with van der Waals surface area (Å²) in [6.07, 6.45) is 0. The number of nitrogens with one attached hydrogen (secondary N) is 1. The number of nitrogens with zero attached hydrogens (tertiary/aromatic N) is 2. The molecule has 100 valence electrons. The summed E-state index contributed by atoms with van der Waals surface area (Å²) in [7, 11) is 0. The van der Waals surface area contributed by atoms with Crippen LogP contribution in [0.2, 0.25) is 0 Å². The maximum atomic E-state index is 5.86. The highest BCUT2D eigenvalue weighted by Gasteiger charge is 2.10. The molecule has 0 radical (unpaired) electrons. The van der Waals surface area contributed by atoms with Crippen molar-refractivity contribution >= 4 is 28.4 Å². The molecule has 0 spiro atoms. The number of halogens is 1. The van der Waals surface area contributed by atoms with Crippen molar-refractivity contribution in [3.8, 4) is 11.6 Å². The molecule has 1 heterocycles. The number of ether oxygens (including phenoxy) is 1. The van der Waals surface area contributed by atoms with Gasteiger partial charge in [-0.05, 0) is 61.6 Å². The van der Waals surface area contributed by atoms with Gasteiger partial charge < -0.3 is 10.1 Å². The van der Waals surface area contributed by atoms with Crippen LogP contribution in [0.5, 0.6) is 11.6 Å². The Bertz CT molecular complexity index is 587. The molecule has 2 rings (SSSR count). The topological polar surface area (TPSA) is 47.0 Å². The molecule has 4 nitrogen and oxygen atoms in total. The summed E-state index contributed by atoms with van der Waals surface area (Å²) in [5.74, 6) is 2.92. The minimum Gasteiger partial charge on any atom is -0.439 e. The SMILES string of the molecule is CCNc1nc(C)nc(Oc2cccc(I)c2)c1C. The first-order chi connectivity index (χ1) is 9.10. The van der Waals surface area contributed by atoms with E-state index in [1.807, 2.05) is 45.0 Å². The van der Waals surface area contributed by atoms with Gasteiger partial charge in [0.1, 0.15) is 17.4 Å². The first-order valence-electron chi connectivity index (χ1n) is 6.12. The number of hydrogen-bond acceptors (Lipinski definition) is 4. The van der Waals surface area contributed by atoms with E-state index >= 15 is 0 Å². The molecule has 0 bridgehead atoms. The van der Waals surface area contributed by atoms with Gasteiger partial charge in [0.05, 0.1) is 5.56 Å². The van der Waals surface area contributed by atoms with Crippen molar-refractivity contribution in [2.24, 2.45) is 0 Å². The number of benzene rings is 1. The van der Waals surface area contributed by atoms with Crippen molar-refractivity contribution in [3.63, 3.8) is 0 Å². The molecule has 0 atom stereocenters. The lowest BCUT2D eigenvalue weighted by molar-refractivity contribution is 0.455. The van der Waals surface area contributed by atoms with Crippen molar-refractivity contribution in [2.75, 3.05) is 11.9 Å². The van der Waals surface area contributed by atoms with E-state index in [1.165, 1.54) is 0 Å². The van der Waals surface area contributed by atoms with Gasteiger partial charge in [-0.1, -0.05) is 6.07 Å². The van der Waals surface area contributed by atoms with E-state index in [4.69, 9.17) is 4.74 Å². The van der Waals surface area contributed by atoms with Gasteiger partial charge in [-0.25, -0.2) is 4.98 Å². The van der Waals surface area contributed by atoms with Gasteiger partial charge in [-0.15, -0.1) is 0 Å². The molecule has 0 aliphatic heterocycles. The average molecular weight is 369 g/mol. The standard InChI is InChI=1S/C14H16IN3O/c1-4-16-13-9(2)14(18-10(3)17-13)19-12-7-5-6-11(15)8-12/h5-8H,4H2,1-3H3,(H,16,17,18). The van der Waals surface area contributed by atoms with E-state index in [2.05, 4.69) is 37.9 Å². The van der Waals surface area contributed by atoms with Crippen LogP contribution >= 0.6 is 22.6 Å². The normalized spacial score (nSPS) is 10.3. The number of aromatic nitrogens is 2. The number of rotatable bonds is 4. The van der Waals surface area contributed by atoms with Gasteiger partial charge >= 0.3 is 0 Å². The maximum absolute atomic E-state index is 5.86. The minimum absolute atomic E-state index is 0.602. The van der Waals surface area contributed by atoms with Crippen LogP contribution in [0, 0.1) is 17.4 Å². The Morgan fingerprint density at radius 3 is 2.74 bits per heavy atom. The first-order valence-corrected chi connectivity index (χ1v) is 7.20. The lowest BCUT2D eigenvalue weighted by atomic mass is 10.3. The molecule has 1 N–H and O–H groups in total. The Morgan fingerprint density at radius 1 is 1.26 bits per heavy atom. The molecular weight excluding hydrogens is 353 g/mol. The second-order valence-electron chi connectivity index (χ2n) is 4.14. The summed E-state index contributed by atoms with van der Waals surface area (Å²) in [5.41, 5.74) is 0.923. The minimum atomic E-state index is 0.602. The monoisotopic (exact) mass is 369 g/mol. The number of hydrogen-bond donors (Lipinski definition) is 1. The lowest BCUT2D eigenvalue weighted by Crippen LogP contribution is -2.06. The van der Waals surface area contributed by atoms with Crippen molar-refractivity contribution in [1.29, 1.82) is 0 Å². The van der Waals surface area contributed by atoms with E-state index in [0.29, 0.717) is 11.7 Å². The first kappa shape index (κ1) is 14.0. The molecule has 5 heteroatoms. The summed E-state index contributed by atoms with van der Waals surface area (Å²) in [5, 5.41) is 3.22. The van der Waals surface area contributed by atoms with Crippen molar-refractivity contribution in [1.82, 2.24) is 9.97 Å². The van der Waals surface area contributed by atoms with E-state index in [1.54, 1.807) is 0 Å². The molecule has 0 aliphatic rings. The molecule has 0 amide bonds. The fourth-order valence-electron chi connectivity index (χ4n) is 1.68. The van der Waals surface area contributed by atoms with E-state index in [9.17, 15) is 0 Å². The fourth-order valence-corrected chi connectivity index (χ4v) is 2.20. The Labute approximate surface area is 126 Å². The third-order valence-corrected chi connectivity index (χ3v) is 3.24. The number of anilines is 1. The Kier molecular flexibility index (Phi) is 4.57. The van der Waals surface area contributed by atoms with Gasteiger partial charge in [0.15, 0.2) is 0 Å². The molecule has 1 aromatic carbocycles. The summed E-state index contributed by atoms with van der Waals surface area (Å²) in [6, 6.07) is 7.89. The largest absolute Gasteiger partial charge is 0.439 e. The molecule has 19 heavy (non-hydrogen) atoms. The van der Waals surface area contributed by atoms with Crippen LogP contribution in [-0.2, 0) is 0 Å². The third-order valence-electron chi connectivity index (χ3n) is 2.57. The molecular formula is C14H16IN3O. The van der Waals surface area contributed by atoms with Gasteiger partial charge in [0.25, 0.3) is 0 Å². The summed E-state index contributed by atoms with van der Waals surface area (Å²) in [6.45, 7) is 6.68. The second-order valence-corrected chi connectivity index (χ2v) is 5.38. The van der Waals surface area contributed by atoms with Crippen molar-refractivity contribution in [2.45, 2.75) is 20.8 Å². The summed E-state index contributed by atoms with van der Waals surface area (Å²) in [4.78, 5) is 8.74. The van der Waals surface area contributed by atoms with Crippen molar-refractivity contribution in [3.05, 3.63) is 39.2 Å². The quantitative estimate of drug-likeness (QED) is 0.830. The zero-order valence-electron chi connectivity index (χ0n) is 11.2. The zero-order valence-corrected chi connectivity index (χ0v) is 13.4. The molecule has 0 saturated heterocycles. The van der Waals surface area contributed by atoms with Crippen LogP contribution in [0.15, 0.2) is 24.3 Å². The molecule has 0 fully saturated rings. The van der Waals surface area contributed by atoms with Crippen LogP contribution < -0.4 is 10.1 Å². The molecule has 0 aliphatic carbocycles. The highest BCUT2D eigenvalue weighted by molar-refractivity contribution is 14.1. The average Bonchev–Trinajstić information content (AvgIpc) is 2.35.